The highest BCUT2D eigenvalue weighted by Gasteiger charge is 2.27. The second kappa shape index (κ2) is 8.94. The zero-order valence-corrected chi connectivity index (χ0v) is 14.1. The molecule has 2 N–H and O–H groups in total. The fourth-order valence-electron chi connectivity index (χ4n) is 3.19. The van der Waals surface area contributed by atoms with Crippen LogP contribution in [-0.2, 0) is 11.2 Å². The molecule has 22 heavy (non-hydrogen) atoms. The van der Waals surface area contributed by atoms with E-state index in [9.17, 15) is 4.79 Å². The number of quaternary nitrogens is 1. The third-order valence-corrected chi connectivity index (χ3v) is 4.90. The minimum atomic E-state index is 0.242. The van der Waals surface area contributed by atoms with Gasteiger partial charge in [0.15, 0.2) is 0 Å². The molecule has 1 fully saturated rings. The van der Waals surface area contributed by atoms with Crippen LogP contribution in [0.3, 0.4) is 0 Å². The van der Waals surface area contributed by atoms with Crippen molar-refractivity contribution in [2.75, 3.05) is 19.6 Å². The summed E-state index contributed by atoms with van der Waals surface area (Å²) in [7, 11) is 0. The quantitative estimate of drug-likeness (QED) is 0.792. The molecule has 0 aromatic heterocycles. The highest BCUT2D eigenvalue weighted by atomic mass is 16.1. The van der Waals surface area contributed by atoms with Crippen molar-refractivity contribution in [3.63, 3.8) is 0 Å². The van der Waals surface area contributed by atoms with Crippen molar-refractivity contribution in [2.24, 2.45) is 5.92 Å². The topological polar surface area (TPSA) is 33.5 Å². The van der Waals surface area contributed by atoms with Crippen molar-refractivity contribution < 1.29 is 9.69 Å². The number of amides is 1. The summed E-state index contributed by atoms with van der Waals surface area (Å²) in [5, 5.41) is 3.13. The van der Waals surface area contributed by atoms with Gasteiger partial charge in [0.2, 0.25) is 5.91 Å². The minimum Gasteiger partial charge on any atom is -0.353 e. The van der Waals surface area contributed by atoms with E-state index < -0.39 is 0 Å². The van der Waals surface area contributed by atoms with Crippen LogP contribution in [0.4, 0.5) is 0 Å². The van der Waals surface area contributed by atoms with Gasteiger partial charge in [0.1, 0.15) is 0 Å². The Balaban J connectivity index is 1.64. The molecule has 0 saturated carbocycles. The molecule has 122 valence electrons. The van der Waals surface area contributed by atoms with Gasteiger partial charge in [0, 0.05) is 31.2 Å². The SMILES string of the molecule is CC[C@@H](C)NC(=O)C1CC[NH+](CCCc2ccccc2)CC1. The molecule has 0 unspecified atom stereocenters. The van der Waals surface area contributed by atoms with E-state index in [0.29, 0.717) is 6.04 Å². The Morgan fingerprint density at radius 3 is 2.59 bits per heavy atom. The maximum absolute atomic E-state index is 12.2. The average Bonchev–Trinajstić information content (AvgIpc) is 2.56. The number of carbonyl (C=O) groups excluding carboxylic acids is 1. The van der Waals surface area contributed by atoms with Crippen LogP contribution in [0.5, 0.6) is 0 Å². The molecule has 3 nitrogen and oxygen atoms in total. The number of benzene rings is 1. The van der Waals surface area contributed by atoms with E-state index >= 15 is 0 Å². The number of hydrogen-bond acceptors (Lipinski definition) is 1. The molecule has 3 heteroatoms. The Morgan fingerprint density at radius 2 is 1.95 bits per heavy atom. The molecule has 1 saturated heterocycles. The van der Waals surface area contributed by atoms with Gasteiger partial charge in [-0.15, -0.1) is 0 Å². The molecule has 1 amide bonds. The van der Waals surface area contributed by atoms with Crippen LogP contribution in [0.25, 0.3) is 0 Å². The van der Waals surface area contributed by atoms with Gasteiger partial charge < -0.3 is 10.2 Å². The molecule has 0 radical (unpaired) electrons. The maximum Gasteiger partial charge on any atom is 0.223 e. The molecule has 1 heterocycles. The van der Waals surface area contributed by atoms with Gasteiger partial charge >= 0.3 is 0 Å². The third-order valence-electron chi connectivity index (χ3n) is 4.90. The number of nitrogens with one attached hydrogen (secondary N) is 2. The van der Waals surface area contributed by atoms with Gasteiger partial charge in [-0.3, -0.25) is 4.79 Å². The van der Waals surface area contributed by atoms with E-state index in [2.05, 4.69) is 49.5 Å². The van der Waals surface area contributed by atoms with Crippen LogP contribution >= 0.6 is 0 Å². The first-order valence-electron chi connectivity index (χ1n) is 8.87. The summed E-state index contributed by atoms with van der Waals surface area (Å²) in [6, 6.07) is 11.0. The summed E-state index contributed by atoms with van der Waals surface area (Å²) < 4.78 is 0. The first kappa shape index (κ1) is 17.0. The standard InChI is InChI=1S/C19H30N2O/c1-3-16(2)20-19(22)18-11-14-21(15-12-18)13-7-10-17-8-5-4-6-9-17/h4-6,8-9,16,18H,3,7,10-15H2,1-2H3,(H,20,22)/p+1/t16-/m1/s1. The lowest BCUT2D eigenvalue weighted by molar-refractivity contribution is -0.906. The summed E-state index contributed by atoms with van der Waals surface area (Å²) >= 11 is 0. The van der Waals surface area contributed by atoms with Gasteiger partial charge in [-0.05, 0) is 25.3 Å². The second-order valence-corrected chi connectivity index (χ2v) is 6.68. The molecule has 0 aliphatic carbocycles. The van der Waals surface area contributed by atoms with Crippen LogP contribution in [0, 0.1) is 5.92 Å². The summed E-state index contributed by atoms with van der Waals surface area (Å²) in [5.74, 6) is 0.518. The highest BCUT2D eigenvalue weighted by molar-refractivity contribution is 5.78. The third kappa shape index (κ3) is 5.45. The van der Waals surface area contributed by atoms with Crippen molar-refractivity contribution in [3.8, 4) is 0 Å². The summed E-state index contributed by atoms with van der Waals surface area (Å²) in [4.78, 5) is 13.8. The minimum absolute atomic E-state index is 0.242. The second-order valence-electron chi connectivity index (χ2n) is 6.68. The summed E-state index contributed by atoms with van der Waals surface area (Å²) in [5.41, 5.74) is 1.43. The molecular formula is C19H31N2O+. The fourth-order valence-corrected chi connectivity index (χ4v) is 3.19. The maximum atomic E-state index is 12.2. The number of piperidine rings is 1. The van der Waals surface area contributed by atoms with Gasteiger partial charge in [-0.1, -0.05) is 37.3 Å². The van der Waals surface area contributed by atoms with Gasteiger partial charge in [-0.25, -0.2) is 0 Å². The van der Waals surface area contributed by atoms with E-state index in [4.69, 9.17) is 0 Å². The van der Waals surface area contributed by atoms with Gasteiger partial charge in [0.05, 0.1) is 19.6 Å². The highest BCUT2D eigenvalue weighted by Crippen LogP contribution is 2.10. The summed E-state index contributed by atoms with van der Waals surface area (Å²) in [6.45, 7) is 7.72. The summed E-state index contributed by atoms with van der Waals surface area (Å²) in [6.07, 6.45) is 5.51. The Bertz CT molecular complexity index is 438. The zero-order chi connectivity index (χ0) is 15.8. The van der Waals surface area contributed by atoms with Crippen molar-refractivity contribution in [2.45, 2.75) is 52.0 Å². The van der Waals surface area contributed by atoms with Crippen molar-refractivity contribution in [3.05, 3.63) is 35.9 Å². The smallest absolute Gasteiger partial charge is 0.223 e. The monoisotopic (exact) mass is 303 g/mol. The first-order valence-corrected chi connectivity index (χ1v) is 8.87. The normalized spacial score (nSPS) is 23.0. The molecule has 0 spiro atoms. The molecule has 1 aromatic carbocycles. The van der Waals surface area contributed by atoms with Crippen LogP contribution < -0.4 is 10.2 Å². The van der Waals surface area contributed by atoms with E-state index in [1.54, 1.807) is 4.90 Å². The van der Waals surface area contributed by atoms with Crippen LogP contribution in [0.15, 0.2) is 30.3 Å². The molecular weight excluding hydrogens is 272 g/mol. The van der Waals surface area contributed by atoms with Crippen LogP contribution in [0.1, 0.15) is 45.1 Å². The lowest BCUT2D eigenvalue weighted by Crippen LogP contribution is -3.13. The fraction of sp³-hybridized carbons (Fsp3) is 0.632. The van der Waals surface area contributed by atoms with E-state index in [1.165, 1.54) is 24.9 Å². The molecule has 1 atom stereocenters. The predicted octanol–water partition coefficient (Wildman–Crippen LogP) is 1.83. The van der Waals surface area contributed by atoms with Crippen molar-refractivity contribution in [1.29, 1.82) is 0 Å². The van der Waals surface area contributed by atoms with E-state index in [0.717, 1.165) is 32.4 Å². The van der Waals surface area contributed by atoms with Crippen LogP contribution in [-0.4, -0.2) is 31.6 Å². The van der Waals surface area contributed by atoms with Gasteiger partial charge in [0.25, 0.3) is 0 Å². The number of carbonyl (C=O) groups is 1. The first-order chi connectivity index (χ1) is 10.7. The molecule has 1 aliphatic rings. The zero-order valence-electron chi connectivity index (χ0n) is 14.1. The van der Waals surface area contributed by atoms with Gasteiger partial charge in [-0.2, -0.15) is 0 Å². The number of likely N-dealkylation sites (tertiary alicyclic amines) is 1. The van der Waals surface area contributed by atoms with Crippen LogP contribution in [0.2, 0.25) is 0 Å². The Hall–Kier alpha value is -1.35. The number of aryl methyl sites for hydroxylation is 1. The average molecular weight is 303 g/mol. The lowest BCUT2D eigenvalue weighted by atomic mass is 9.95. The molecule has 2 rings (SSSR count). The molecule has 0 bridgehead atoms. The van der Waals surface area contributed by atoms with E-state index in [-0.39, 0.29) is 11.8 Å². The Morgan fingerprint density at radius 1 is 1.27 bits per heavy atom. The number of rotatable bonds is 7. The number of hydrogen-bond donors (Lipinski definition) is 2. The van der Waals surface area contributed by atoms with Crippen molar-refractivity contribution in [1.82, 2.24) is 5.32 Å². The lowest BCUT2D eigenvalue weighted by Gasteiger charge is -2.29. The predicted molar refractivity (Wildman–Crippen MR) is 90.9 cm³/mol. The van der Waals surface area contributed by atoms with E-state index in [1.807, 2.05) is 0 Å². The largest absolute Gasteiger partial charge is 0.353 e. The Labute approximate surface area is 135 Å². The molecule has 1 aromatic rings. The Kier molecular flexibility index (Phi) is 6.91. The molecule has 1 aliphatic heterocycles. The van der Waals surface area contributed by atoms with Crippen molar-refractivity contribution >= 4 is 5.91 Å².